The first-order chi connectivity index (χ1) is 9.01. The Morgan fingerprint density at radius 1 is 1.16 bits per heavy atom. The molecule has 2 N–H and O–H groups in total. The van der Waals surface area contributed by atoms with Crippen molar-refractivity contribution < 1.29 is 19.8 Å². The van der Waals surface area contributed by atoms with Crippen LogP contribution in [0.2, 0.25) is 0 Å². The average Bonchev–Trinajstić information content (AvgIpc) is 2.32. The van der Waals surface area contributed by atoms with Gasteiger partial charge >= 0.3 is 11.9 Å². The van der Waals surface area contributed by atoms with Gasteiger partial charge in [0.15, 0.2) is 0 Å². The molecule has 1 saturated heterocycles. The zero-order valence-electron chi connectivity index (χ0n) is 10.8. The van der Waals surface area contributed by atoms with Crippen LogP contribution in [0.4, 0.5) is 5.69 Å². The minimum Gasteiger partial charge on any atom is -0.478 e. The molecule has 0 aromatic heterocycles. The molecule has 0 saturated carbocycles. The Morgan fingerprint density at radius 2 is 1.68 bits per heavy atom. The number of carboxylic acids is 2. The minimum absolute atomic E-state index is 0.0221. The molecule has 1 heterocycles. The predicted octanol–water partition coefficient (Wildman–Crippen LogP) is 2.32. The zero-order chi connectivity index (χ0) is 14.0. The van der Waals surface area contributed by atoms with E-state index in [0.29, 0.717) is 11.6 Å². The Hall–Kier alpha value is -2.04. The van der Waals surface area contributed by atoms with Gasteiger partial charge in [-0.05, 0) is 30.5 Å². The minimum atomic E-state index is -1.10. The molecule has 0 amide bonds. The van der Waals surface area contributed by atoms with Gasteiger partial charge in [-0.15, -0.1) is 0 Å². The highest BCUT2D eigenvalue weighted by atomic mass is 16.4. The van der Waals surface area contributed by atoms with E-state index in [-0.39, 0.29) is 11.1 Å². The van der Waals surface area contributed by atoms with E-state index in [1.807, 2.05) is 4.90 Å². The van der Waals surface area contributed by atoms with E-state index in [1.165, 1.54) is 18.2 Å². The van der Waals surface area contributed by atoms with Crippen molar-refractivity contribution in [3.63, 3.8) is 0 Å². The third kappa shape index (κ3) is 2.86. The quantitative estimate of drug-likeness (QED) is 0.852. The SMILES string of the molecule is CCCC1CN(c2cc(C(=O)O)cc(C(=O)O)c2)C1. The second kappa shape index (κ2) is 5.30. The van der Waals surface area contributed by atoms with Crippen LogP contribution in [0, 0.1) is 5.92 Å². The first-order valence-electron chi connectivity index (χ1n) is 6.38. The van der Waals surface area contributed by atoms with Gasteiger partial charge in [0.25, 0.3) is 0 Å². The van der Waals surface area contributed by atoms with Crippen LogP contribution in [0.3, 0.4) is 0 Å². The van der Waals surface area contributed by atoms with Crippen LogP contribution < -0.4 is 4.90 Å². The molecule has 0 atom stereocenters. The summed E-state index contributed by atoms with van der Waals surface area (Å²) >= 11 is 0. The summed E-state index contributed by atoms with van der Waals surface area (Å²) in [6, 6.07) is 4.27. The van der Waals surface area contributed by atoms with Gasteiger partial charge in [-0.1, -0.05) is 13.3 Å². The second-order valence-corrected chi connectivity index (χ2v) is 4.94. The van der Waals surface area contributed by atoms with Crippen LogP contribution in [0.5, 0.6) is 0 Å². The van der Waals surface area contributed by atoms with Crippen molar-refractivity contribution in [2.24, 2.45) is 5.92 Å². The number of aromatic carboxylic acids is 2. The van der Waals surface area contributed by atoms with Crippen molar-refractivity contribution in [2.45, 2.75) is 19.8 Å². The fourth-order valence-corrected chi connectivity index (χ4v) is 2.41. The monoisotopic (exact) mass is 263 g/mol. The molecule has 1 aromatic rings. The van der Waals surface area contributed by atoms with E-state index < -0.39 is 11.9 Å². The molecule has 1 aliphatic heterocycles. The van der Waals surface area contributed by atoms with Crippen LogP contribution >= 0.6 is 0 Å². The molecule has 5 heteroatoms. The Bertz CT molecular complexity index is 474. The largest absolute Gasteiger partial charge is 0.478 e. The van der Waals surface area contributed by atoms with E-state index >= 15 is 0 Å². The van der Waals surface area contributed by atoms with E-state index in [9.17, 15) is 9.59 Å². The predicted molar refractivity (Wildman–Crippen MR) is 71.0 cm³/mol. The molecule has 5 nitrogen and oxygen atoms in total. The van der Waals surface area contributed by atoms with E-state index in [0.717, 1.165) is 25.9 Å². The number of anilines is 1. The highest BCUT2D eigenvalue weighted by Gasteiger charge is 2.27. The van der Waals surface area contributed by atoms with Crippen molar-refractivity contribution in [3.05, 3.63) is 29.3 Å². The first kappa shape index (κ1) is 13.4. The lowest BCUT2D eigenvalue weighted by atomic mass is 9.93. The van der Waals surface area contributed by atoms with Gasteiger partial charge in [0.1, 0.15) is 0 Å². The van der Waals surface area contributed by atoms with Crippen molar-refractivity contribution in [1.29, 1.82) is 0 Å². The van der Waals surface area contributed by atoms with Gasteiger partial charge in [-0.3, -0.25) is 0 Å². The van der Waals surface area contributed by atoms with Crippen LogP contribution in [-0.4, -0.2) is 35.2 Å². The smallest absolute Gasteiger partial charge is 0.335 e. The molecule has 0 aliphatic carbocycles. The first-order valence-corrected chi connectivity index (χ1v) is 6.38. The van der Waals surface area contributed by atoms with Gasteiger partial charge in [0.05, 0.1) is 11.1 Å². The standard InChI is InChI=1S/C14H17NO4/c1-2-3-9-7-15(8-9)12-5-10(13(16)17)4-11(6-12)14(18)19/h4-6,9H,2-3,7-8H2,1H3,(H,16,17)(H,18,19). The highest BCUT2D eigenvalue weighted by Crippen LogP contribution is 2.29. The summed E-state index contributed by atoms with van der Waals surface area (Å²) in [7, 11) is 0. The summed E-state index contributed by atoms with van der Waals surface area (Å²) < 4.78 is 0. The molecule has 1 fully saturated rings. The maximum atomic E-state index is 11.0. The summed E-state index contributed by atoms with van der Waals surface area (Å²) in [6.07, 6.45) is 2.29. The van der Waals surface area contributed by atoms with E-state index in [2.05, 4.69) is 6.92 Å². The molecule has 1 aromatic carbocycles. The Balaban J connectivity index is 2.21. The molecule has 19 heavy (non-hydrogen) atoms. The van der Waals surface area contributed by atoms with E-state index in [1.54, 1.807) is 0 Å². The van der Waals surface area contributed by atoms with Gasteiger partial charge in [0.2, 0.25) is 0 Å². The number of rotatable bonds is 5. The zero-order valence-corrected chi connectivity index (χ0v) is 10.8. The molecule has 2 rings (SSSR count). The fraction of sp³-hybridized carbons (Fsp3) is 0.429. The molecule has 0 unspecified atom stereocenters. The van der Waals surface area contributed by atoms with E-state index in [4.69, 9.17) is 10.2 Å². The maximum absolute atomic E-state index is 11.0. The van der Waals surface area contributed by atoms with Crippen LogP contribution in [-0.2, 0) is 0 Å². The highest BCUT2D eigenvalue weighted by molar-refractivity contribution is 5.95. The number of hydrogen-bond donors (Lipinski definition) is 2. The molecular formula is C14H17NO4. The summed E-state index contributed by atoms with van der Waals surface area (Å²) in [5.41, 5.74) is 0.729. The molecule has 102 valence electrons. The Morgan fingerprint density at radius 3 is 2.11 bits per heavy atom. The van der Waals surface area contributed by atoms with Crippen LogP contribution in [0.15, 0.2) is 18.2 Å². The third-order valence-corrected chi connectivity index (χ3v) is 3.43. The van der Waals surface area contributed by atoms with Gasteiger partial charge in [-0.25, -0.2) is 9.59 Å². The van der Waals surface area contributed by atoms with Crippen molar-refractivity contribution in [2.75, 3.05) is 18.0 Å². The molecule has 0 spiro atoms. The normalized spacial score (nSPS) is 15.1. The Labute approximate surface area is 111 Å². The van der Waals surface area contributed by atoms with Crippen molar-refractivity contribution >= 4 is 17.6 Å². The van der Waals surface area contributed by atoms with Gasteiger partial charge in [0, 0.05) is 18.8 Å². The summed E-state index contributed by atoms with van der Waals surface area (Å²) in [6.45, 7) is 3.88. The number of carbonyl (C=O) groups is 2. The summed E-state index contributed by atoms with van der Waals surface area (Å²) in [4.78, 5) is 24.1. The lowest BCUT2D eigenvalue weighted by molar-refractivity contribution is 0.0696. The number of nitrogens with zero attached hydrogens (tertiary/aromatic N) is 1. The fourth-order valence-electron chi connectivity index (χ4n) is 2.41. The Kier molecular flexibility index (Phi) is 3.74. The van der Waals surface area contributed by atoms with Crippen molar-refractivity contribution in [1.82, 2.24) is 0 Å². The number of carboxylic acid groups (broad SMARTS) is 2. The molecular weight excluding hydrogens is 246 g/mol. The topological polar surface area (TPSA) is 77.8 Å². The summed E-state index contributed by atoms with van der Waals surface area (Å²) in [5, 5.41) is 18.0. The van der Waals surface area contributed by atoms with Crippen LogP contribution in [0.1, 0.15) is 40.5 Å². The van der Waals surface area contributed by atoms with Crippen molar-refractivity contribution in [3.8, 4) is 0 Å². The molecule has 1 aliphatic rings. The second-order valence-electron chi connectivity index (χ2n) is 4.94. The number of benzene rings is 1. The van der Waals surface area contributed by atoms with Gasteiger partial charge in [-0.2, -0.15) is 0 Å². The lowest BCUT2D eigenvalue weighted by Crippen LogP contribution is -2.46. The average molecular weight is 263 g/mol. The maximum Gasteiger partial charge on any atom is 0.335 e. The number of hydrogen-bond acceptors (Lipinski definition) is 3. The lowest BCUT2D eigenvalue weighted by Gasteiger charge is -2.41. The molecule has 0 bridgehead atoms. The van der Waals surface area contributed by atoms with Crippen LogP contribution in [0.25, 0.3) is 0 Å². The summed E-state index contributed by atoms with van der Waals surface area (Å²) in [5.74, 6) is -1.57. The van der Waals surface area contributed by atoms with Gasteiger partial charge < -0.3 is 15.1 Å². The third-order valence-electron chi connectivity index (χ3n) is 3.43. The molecule has 0 radical (unpaired) electrons.